The van der Waals surface area contributed by atoms with Crippen LogP contribution in [0.15, 0.2) is 86.7 Å². The van der Waals surface area contributed by atoms with Gasteiger partial charge in [0.2, 0.25) is 11.9 Å². The Morgan fingerprint density at radius 1 is 0.820 bits per heavy atom. The van der Waals surface area contributed by atoms with Crippen LogP contribution >= 0.6 is 12.0 Å². The third-order valence-corrected chi connectivity index (χ3v) is 7.66. The van der Waals surface area contributed by atoms with Crippen molar-refractivity contribution in [3.8, 4) is 11.8 Å². The molecule has 0 radical (unpaired) electrons. The summed E-state index contributed by atoms with van der Waals surface area (Å²) in [6, 6.07) is 13.2. The minimum atomic E-state index is -5.14. The Morgan fingerprint density at radius 2 is 1.42 bits per heavy atom. The SMILES string of the molecule is O=C(O)c1ccccc1N=Nc1c(SOO[O-])cc2cc(S(=O)(=O)[O-])cc(Nc3nc(O)nc(Nc4ccccc4C(=O)O)n3)c2c1O.[Na+].[Na+]. The first-order valence-corrected chi connectivity index (χ1v) is 15.0. The van der Waals surface area contributed by atoms with E-state index in [1.807, 2.05) is 0 Å². The summed E-state index contributed by atoms with van der Waals surface area (Å²) in [5.41, 5.74) is -1.24. The van der Waals surface area contributed by atoms with Crippen LogP contribution in [0, 0.1) is 0 Å². The molecule has 23 heteroatoms. The van der Waals surface area contributed by atoms with Crippen molar-refractivity contribution in [2.75, 3.05) is 10.6 Å². The van der Waals surface area contributed by atoms with Crippen LogP contribution in [0.2, 0.25) is 0 Å². The Kier molecular flexibility index (Phi) is 14.0. The number of para-hydroxylation sites is 1. The van der Waals surface area contributed by atoms with E-state index < -0.39 is 50.3 Å². The maximum atomic E-state index is 12.1. The molecule has 4 aromatic carbocycles. The number of aromatic hydroxyl groups is 2. The number of aromatic carboxylic acids is 2. The van der Waals surface area contributed by atoms with Gasteiger partial charge >= 0.3 is 77.1 Å². The standard InChI is InChI=1S/C27H19N7O12S2.2Na/c35-22-20-12(10-19(47-46-45-41)21(22)34-33-17-8-4-2-6-15(17)24(38)39)9-13(48(42,43)44)11-18(20)29-26-30-25(31-27(40)32-26)28-16-7-3-1-5-14(16)23(36)37;;/h1-11,35,41H,(H,36,37)(H,38,39)(H,42,43,44)(H3,28,29,30,31,32,40);;/q;2*+1/p-2. The third kappa shape index (κ3) is 9.42. The zero-order valence-electron chi connectivity index (χ0n) is 25.5. The normalized spacial score (nSPS) is 11.1. The van der Waals surface area contributed by atoms with Crippen LogP contribution in [0.25, 0.3) is 10.8 Å². The molecule has 5 aromatic rings. The molecule has 246 valence electrons. The summed E-state index contributed by atoms with van der Waals surface area (Å²) in [5, 5.41) is 67.3. The molecule has 5 rings (SSSR count). The summed E-state index contributed by atoms with van der Waals surface area (Å²) in [5.74, 6) is -4.19. The van der Waals surface area contributed by atoms with Gasteiger partial charge < -0.3 is 40.9 Å². The second kappa shape index (κ2) is 17.3. The molecule has 0 amide bonds. The van der Waals surface area contributed by atoms with Gasteiger partial charge in [-0.2, -0.15) is 19.3 Å². The van der Waals surface area contributed by atoms with E-state index in [4.69, 9.17) is 0 Å². The van der Waals surface area contributed by atoms with Gasteiger partial charge in [0, 0.05) is 5.39 Å². The topological polar surface area (TPSA) is 301 Å². The molecule has 50 heavy (non-hydrogen) atoms. The maximum absolute atomic E-state index is 12.1. The van der Waals surface area contributed by atoms with E-state index in [0.717, 1.165) is 18.2 Å². The molecular formula is C27H17N7Na2O12S2. The van der Waals surface area contributed by atoms with E-state index in [-0.39, 0.29) is 121 Å². The molecule has 0 aliphatic carbocycles. The predicted molar refractivity (Wildman–Crippen MR) is 161 cm³/mol. The Labute approximate surface area is 328 Å². The molecule has 0 unspecified atom stereocenters. The number of aromatic nitrogens is 3. The van der Waals surface area contributed by atoms with E-state index in [1.54, 1.807) is 0 Å². The van der Waals surface area contributed by atoms with Crippen LogP contribution in [0.3, 0.4) is 0 Å². The largest absolute Gasteiger partial charge is 1.00 e. The van der Waals surface area contributed by atoms with Crippen LogP contribution in [-0.2, 0) is 19.5 Å². The fourth-order valence-electron chi connectivity index (χ4n) is 4.26. The fourth-order valence-corrected chi connectivity index (χ4v) is 5.28. The number of nitrogens with zero attached hydrogens (tertiary/aromatic N) is 5. The van der Waals surface area contributed by atoms with Crippen molar-refractivity contribution in [2.45, 2.75) is 9.79 Å². The van der Waals surface area contributed by atoms with Gasteiger partial charge in [0.1, 0.15) is 21.5 Å². The van der Waals surface area contributed by atoms with E-state index in [2.05, 4.69) is 45.2 Å². The van der Waals surface area contributed by atoms with Gasteiger partial charge in [-0.1, -0.05) is 24.3 Å². The molecule has 0 fully saturated rings. The van der Waals surface area contributed by atoms with Crippen LogP contribution in [0.4, 0.5) is 34.6 Å². The summed E-state index contributed by atoms with van der Waals surface area (Å²) < 4.78 is 40.6. The molecule has 1 heterocycles. The van der Waals surface area contributed by atoms with Gasteiger partial charge in [0.25, 0.3) is 0 Å². The number of nitrogens with one attached hydrogen (secondary N) is 2. The van der Waals surface area contributed by atoms with Gasteiger partial charge in [-0.05, 0) is 47.9 Å². The first-order valence-electron chi connectivity index (χ1n) is 12.8. The van der Waals surface area contributed by atoms with Crippen LogP contribution in [0.5, 0.6) is 11.8 Å². The number of carboxylic acids is 2. The molecule has 6 N–H and O–H groups in total. The zero-order valence-corrected chi connectivity index (χ0v) is 31.1. The third-order valence-electron chi connectivity index (χ3n) is 6.23. The van der Waals surface area contributed by atoms with Crippen molar-refractivity contribution in [1.82, 2.24) is 15.0 Å². The van der Waals surface area contributed by atoms with Crippen LogP contribution in [-0.4, -0.2) is 60.3 Å². The van der Waals surface area contributed by atoms with E-state index in [1.165, 1.54) is 48.5 Å². The first-order chi connectivity index (χ1) is 22.8. The summed E-state index contributed by atoms with van der Waals surface area (Å²) >= 11 is 0.224. The van der Waals surface area contributed by atoms with Crippen molar-refractivity contribution in [1.29, 1.82) is 0 Å². The Balaban J connectivity index is 0.00000338. The molecule has 0 aliphatic heterocycles. The van der Waals surface area contributed by atoms with Crippen LogP contribution < -0.4 is 75.0 Å². The number of anilines is 4. The molecule has 1 aromatic heterocycles. The van der Waals surface area contributed by atoms with Crippen LogP contribution in [0.1, 0.15) is 20.7 Å². The number of rotatable bonds is 12. The first kappa shape index (κ1) is 40.5. The molecule has 0 spiro atoms. The van der Waals surface area contributed by atoms with E-state index >= 15 is 0 Å². The minimum absolute atomic E-state index is 0. The van der Waals surface area contributed by atoms with Gasteiger partial charge in [-0.3, -0.25) is 5.04 Å². The number of fused-ring (bicyclic) bond motifs is 1. The van der Waals surface area contributed by atoms with Gasteiger partial charge in [-0.25, -0.2) is 18.0 Å². The Bertz CT molecular complexity index is 2230. The molecule has 0 atom stereocenters. The smallest absolute Gasteiger partial charge is 0.744 e. The van der Waals surface area contributed by atoms with Gasteiger partial charge in [-0.15, -0.1) is 10.2 Å². The number of azo groups is 1. The molecule has 0 bridgehead atoms. The number of benzene rings is 4. The second-order valence-electron chi connectivity index (χ2n) is 9.22. The molecule has 0 aliphatic rings. The number of carboxylic acid groups (broad SMARTS) is 2. The van der Waals surface area contributed by atoms with Crippen molar-refractivity contribution >= 4 is 79.5 Å². The number of phenols is 1. The average molecular weight is 742 g/mol. The molecule has 19 nitrogen and oxygen atoms in total. The summed E-state index contributed by atoms with van der Waals surface area (Å²) in [6.07, 6.45) is 0. The predicted octanol–water partition coefficient (Wildman–Crippen LogP) is -2.12. The van der Waals surface area contributed by atoms with Crippen molar-refractivity contribution in [3.05, 3.63) is 77.9 Å². The van der Waals surface area contributed by atoms with E-state index in [9.17, 15) is 48.2 Å². The molecule has 0 saturated heterocycles. The Hall–Kier alpha value is -3.97. The van der Waals surface area contributed by atoms with Crippen molar-refractivity contribution in [3.63, 3.8) is 0 Å². The van der Waals surface area contributed by atoms with Gasteiger partial charge in [0.05, 0.1) is 44.3 Å². The number of phenolic OH excluding ortho intramolecular Hbond substituents is 1. The van der Waals surface area contributed by atoms with Crippen molar-refractivity contribution in [2.24, 2.45) is 10.2 Å². The number of carbonyl (C=O) groups is 2. The quantitative estimate of drug-likeness (QED) is 0.0199. The summed E-state index contributed by atoms with van der Waals surface area (Å²) in [7, 11) is -5.14. The monoisotopic (exact) mass is 741 g/mol. The van der Waals surface area contributed by atoms with Crippen molar-refractivity contribution < 1.29 is 117 Å². The molecule has 0 saturated carbocycles. The zero-order chi connectivity index (χ0) is 34.6. The average Bonchev–Trinajstić information content (AvgIpc) is 3.02. The number of hydrogen-bond donors (Lipinski definition) is 6. The fraction of sp³-hybridized carbons (Fsp3) is 0. The minimum Gasteiger partial charge on any atom is -0.744 e. The Morgan fingerprint density at radius 3 is 2.04 bits per heavy atom. The second-order valence-corrected chi connectivity index (χ2v) is 11.3. The summed E-state index contributed by atoms with van der Waals surface area (Å²) in [6.45, 7) is 0. The number of hydrogen-bond acceptors (Lipinski definition) is 18. The van der Waals surface area contributed by atoms with Gasteiger partial charge in [0.15, 0.2) is 5.75 Å². The maximum Gasteiger partial charge on any atom is 1.00 e. The van der Waals surface area contributed by atoms with E-state index in [0.29, 0.717) is 0 Å². The molecular weight excluding hydrogens is 724 g/mol. The summed E-state index contributed by atoms with van der Waals surface area (Å²) in [4.78, 5) is 33.7.